The second-order valence-corrected chi connectivity index (χ2v) is 11.5. The molecule has 42 heavy (non-hydrogen) atoms. The Morgan fingerprint density at radius 2 is 1.17 bits per heavy atom. The fourth-order valence-electron chi connectivity index (χ4n) is 7.46. The molecule has 0 fully saturated rings. The Morgan fingerprint density at radius 1 is 0.643 bits per heavy atom. The van der Waals surface area contributed by atoms with Crippen molar-refractivity contribution >= 4 is 22.6 Å². The van der Waals surface area contributed by atoms with Gasteiger partial charge in [0.2, 0.25) is 0 Å². The maximum atomic E-state index is 15.1. The van der Waals surface area contributed by atoms with Gasteiger partial charge >= 0.3 is 0 Å². The highest BCUT2D eigenvalue weighted by Crippen LogP contribution is 2.62. The van der Waals surface area contributed by atoms with Crippen LogP contribution in [-0.2, 0) is 5.41 Å². The first-order valence-electron chi connectivity index (χ1n) is 14.6. The number of benzene rings is 5. The summed E-state index contributed by atoms with van der Waals surface area (Å²) in [6.45, 7) is 2.34. The Labute approximate surface area is 248 Å². The Morgan fingerprint density at radius 3 is 1.81 bits per heavy atom. The van der Waals surface area contributed by atoms with Crippen molar-refractivity contribution in [3.05, 3.63) is 186 Å². The Hall–Kier alpha value is -4.95. The highest BCUT2D eigenvalue weighted by molar-refractivity contribution is 6.10. The number of anilines is 1. The molecule has 0 saturated carbocycles. The largest absolute Gasteiger partial charge is 0.363 e. The van der Waals surface area contributed by atoms with E-state index in [9.17, 15) is 0 Å². The van der Waals surface area contributed by atoms with E-state index >= 15 is 4.79 Å². The zero-order valence-electron chi connectivity index (χ0n) is 23.9. The van der Waals surface area contributed by atoms with Crippen molar-refractivity contribution < 1.29 is 4.79 Å². The number of hydrogen-bond acceptors (Lipinski definition) is 2. The summed E-state index contributed by atoms with van der Waals surface area (Å²) in [5.74, 6) is -0.367. The van der Waals surface area contributed by atoms with Gasteiger partial charge in [-0.2, -0.15) is 0 Å². The molecule has 2 aliphatic rings. The van der Waals surface area contributed by atoms with Crippen molar-refractivity contribution in [3.63, 3.8) is 0 Å². The van der Waals surface area contributed by atoms with E-state index in [1.165, 1.54) is 11.1 Å². The number of hydrogen-bond donors (Lipinski definition) is 0. The number of fused-ring (bicyclic) bond motifs is 1. The molecule has 2 nitrogen and oxygen atoms in total. The molecule has 0 radical (unpaired) electrons. The van der Waals surface area contributed by atoms with Gasteiger partial charge in [0.05, 0.1) is 11.5 Å². The standard InChI is InChI=1S/C40H33NO/c1-39(33-23-13-6-14-24-33)35-25-15-16-26-36(35)41(2)40(39)28-32(29-17-7-3-8-18-29)27-34(30-19-9-4-10-20-30)37(40)38(42)31-21-11-5-12-22-31/h3-28,37H,1-2H3/t37-,39-,40-/m0/s1. The Bertz CT molecular complexity index is 1810. The number of carbonyl (C=O) groups is 1. The number of ketones is 1. The third kappa shape index (κ3) is 3.75. The SMILES string of the molecule is CN1c2ccccc2[C@](C)(c2ccccc2)[C@@]12C=C(c1ccccc1)C=C(c1ccccc1)[C@H]2C(=O)c1ccccc1. The summed E-state index contributed by atoms with van der Waals surface area (Å²) in [6, 6.07) is 50.2. The lowest BCUT2D eigenvalue weighted by molar-refractivity contribution is 0.0892. The number of nitrogens with zero attached hydrogens (tertiary/aromatic N) is 1. The predicted octanol–water partition coefficient (Wildman–Crippen LogP) is 8.86. The molecule has 2 heteroatoms. The molecule has 5 aromatic rings. The third-order valence-corrected chi connectivity index (χ3v) is 9.48. The quantitative estimate of drug-likeness (QED) is 0.206. The van der Waals surface area contributed by atoms with Gasteiger partial charge in [0.15, 0.2) is 5.78 Å². The van der Waals surface area contributed by atoms with Crippen LogP contribution in [0.3, 0.4) is 0 Å². The number of allylic oxidation sites excluding steroid dienone is 2. The summed E-state index contributed by atoms with van der Waals surface area (Å²) in [5, 5.41) is 0. The van der Waals surface area contributed by atoms with Crippen LogP contribution in [0.2, 0.25) is 0 Å². The highest BCUT2D eigenvalue weighted by atomic mass is 16.1. The molecule has 204 valence electrons. The maximum Gasteiger partial charge on any atom is 0.173 e. The van der Waals surface area contributed by atoms with E-state index in [0.29, 0.717) is 0 Å². The molecule has 1 heterocycles. The molecule has 0 aromatic heterocycles. The van der Waals surface area contributed by atoms with E-state index in [1.807, 2.05) is 36.4 Å². The van der Waals surface area contributed by atoms with E-state index in [0.717, 1.165) is 33.5 Å². The van der Waals surface area contributed by atoms with Crippen LogP contribution in [0.15, 0.2) is 158 Å². The fraction of sp³-hybridized carbons (Fsp3) is 0.125. The Balaban J connectivity index is 1.62. The third-order valence-electron chi connectivity index (χ3n) is 9.48. The van der Waals surface area contributed by atoms with Crippen LogP contribution < -0.4 is 4.90 Å². The summed E-state index contributed by atoms with van der Waals surface area (Å²) >= 11 is 0. The number of likely N-dealkylation sites (N-methyl/N-ethyl adjacent to an activating group) is 1. The maximum absolute atomic E-state index is 15.1. The second-order valence-electron chi connectivity index (χ2n) is 11.5. The van der Waals surface area contributed by atoms with E-state index < -0.39 is 16.9 Å². The van der Waals surface area contributed by atoms with Crippen LogP contribution in [-0.4, -0.2) is 18.4 Å². The van der Waals surface area contributed by atoms with Gasteiger partial charge in [0, 0.05) is 23.7 Å². The number of para-hydroxylation sites is 1. The zero-order valence-corrected chi connectivity index (χ0v) is 23.9. The molecule has 7 rings (SSSR count). The number of carbonyl (C=O) groups excluding carboxylic acids is 1. The first-order chi connectivity index (χ1) is 20.6. The molecule has 0 amide bonds. The molecule has 1 aliphatic heterocycles. The topological polar surface area (TPSA) is 20.3 Å². The highest BCUT2D eigenvalue weighted by Gasteiger charge is 2.64. The molecule has 1 aliphatic carbocycles. The lowest BCUT2D eigenvalue weighted by atomic mass is 9.54. The average molecular weight is 544 g/mol. The average Bonchev–Trinajstić information content (AvgIpc) is 3.25. The van der Waals surface area contributed by atoms with Crippen LogP contribution in [0.4, 0.5) is 5.69 Å². The molecule has 0 saturated heterocycles. The molecule has 3 atom stereocenters. The van der Waals surface area contributed by atoms with Crippen LogP contribution in [0.5, 0.6) is 0 Å². The summed E-state index contributed by atoms with van der Waals surface area (Å²) < 4.78 is 0. The Kier molecular flexibility index (Phi) is 6.28. The molecule has 0 unspecified atom stereocenters. The second kappa shape index (κ2) is 10.2. The van der Waals surface area contributed by atoms with Gasteiger partial charge in [-0.05, 0) is 58.5 Å². The van der Waals surface area contributed by atoms with Crippen molar-refractivity contribution in [2.45, 2.75) is 17.9 Å². The van der Waals surface area contributed by atoms with Crippen LogP contribution >= 0.6 is 0 Å². The van der Waals surface area contributed by atoms with E-state index in [2.05, 4.69) is 140 Å². The van der Waals surface area contributed by atoms with Gasteiger partial charge in [-0.25, -0.2) is 0 Å². The number of rotatable bonds is 5. The van der Waals surface area contributed by atoms with E-state index in [-0.39, 0.29) is 5.78 Å². The summed E-state index contributed by atoms with van der Waals surface area (Å²) in [6.07, 6.45) is 4.65. The number of Topliss-reactive ketones (excluding diaryl/α,β-unsaturated/α-hetero) is 1. The monoisotopic (exact) mass is 543 g/mol. The minimum absolute atomic E-state index is 0.121. The summed E-state index contributed by atoms with van der Waals surface area (Å²) in [4.78, 5) is 17.5. The molecule has 1 spiro atoms. The summed E-state index contributed by atoms with van der Waals surface area (Å²) in [5.41, 5.74) is 7.32. The van der Waals surface area contributed by atoms with Crippen LogP contribution in [0.1, 0.15) is 39.5 Å². The predicted molar refractivity (Wildman–Crippen MR) is 174 cm³/mol. The molecule has 0 bridgehead atoms. The minimum Gasteiger partial charge on any atom is -0.363 e. The first kappa shape index (κ1) is 26.0. The lowest BCUT2D eigenvalue weighted by Gasteiger charge is -2.53. The minimum atomic E-state index is -0.754. The normalized spacial score (nSPS) is 22.8. The molecule has 0 N–H and O–H groups in total. The van der Waals surface area contributed by atoms with E-state index in [1.54, 1.807) is 0 Å². The van der Waals surface area contributed by atoms with Gasteiger partial charge in [-0.3, -0.25) is 4.79 Å². The van der Waals surface area contributed by atoms with Gasteiger partial charge in [-0.15, -0.1) is 0 Å². The molecular weight excluding hydrogens is 510 g/mol. The smallest absolute Gasteiger partial charge is 0.173 e. The van der Waals surface area contributed by atoms with Gasteiger partial charge < -0.3 is 4.90 Å². The molecule has 5 aromatic carbocycles. The first-order valence-corrected chi connectivity index (χ1v) is 14.6. The van der Waals surface area contributed by atoms with Gasteiger partial charge in [0.25, 0.3) is 0 Å². The van der Waals surface area contributed by atoms with Crippen LogP contribution in [0.25, 0.3) is 11.1 Å². The zero-order chi connectivity index (χ0) is 28.7. The molecular formula is C40H33NO. The lowest BCUT2D eigenvalue weighted by Crippen LogP contribution is -2.62. The summed E-state index contributed by atoms with van der Waals surface area (Å²) in [7, 11) is 2.17. The van der Waals surface area contributed by atoms with Crippen LogP contribution in [0, 0.1) is 5.92 Å². The van der Waals surface area contributed by atoms with Crippen molar-refractivity contribution in [1.29, 1.82) is 0 Å². The fourth-order valence-corrected chi connectivity index (χ4v) is 7.46. The van der Waals surface area contributed by atoms with Crippen molar-refractivity contribution in [3.8, 4) is 0 Å². The van der Waals surface area contributed by atoms with Gasteiger partial charge in [0.1, 0.15) is 0 Å². The van der Waals surface area contributed by atoms with Crippen molar-refractivity contribution in [1.82, 2.24) is 0 Å². The van der Waals surface area contributed by atoms with Crippen molar-refractivity contribution in [2.75, 3.05) is 11.9 Å². The van der Waals surface area contributed by atoms with E-state index in [4.69, 9.17) is 0 Å². The van der Waals surface area contributed by atoms with Gasteiger partial charge in [-0.1, -0.05) is 140 Å². The van der Waals surface area contributed by atoms with Crippen molar-refractivity contribution in [2.24, 2.45) is 5.92 Å².